The monoisotopic (exact) mass is 269 g/mol. The van der Waals surface area contributed by atoms with E-state index in [9.17, 15) is 9.50 Å². The predicted molar refractivity (Wildman–Crippen MR) is 66.6 cm³/mol. The van der Waals surface area contributed by atoms with Crippen molar-refractivity contribution in [2.75, 3.05) is 0 Å². The number of rotatable bonds is 4. The van der Waals surface area contributed by atoms with Crippen LogP contribution in [0.25, 0.3) is 11.4 Å². The molecule has 0 unspecified atom stereocenters. The number of benzene rings is 1. The molecule has 0 saturated carbocycles. The van der Waals surface area contributed by atoms with Crippen molar-refractivity contribution in [1.82, 2.24) is 14.8 Å². The van der Waals surface area contributed by atoms with Crippen molar-refractivity contribution in [2.24, 2.45) is 0 Å². The van der Waals surface area contributed by atoms with Crippen molar-refractivity contribution in [3.05, 3.63) is 34.9 Å². The average Bonchev–Trinajstić information content (AvgIpc) is 2.76. The Balaban J connectivity index is 2.56. The highest BCUT2D eigenvalue weighted by molar-refractivity contribution is 6.31. The van der Waals surface area contributed by atoms with Crippen LogP contribution in [0.4, 0.5) is 4.39 Å². The molecule has 0 radical (unpaired) electrons. The van der Waals surface area contributed by atoms with Crippen molar-refractivity contribution in [2.45, 2.75) is 26.5 Å². The second-order valence-electron chi connectivity index (χ2n) is 3.85. The Hall–Kier alpha value is -1.46. The van der Waals surface area contributed by atoms with E-state index in [0.717, 1.165) is 6.42 Å². The molecule has 1 N–H and O–H groups in total. The molecule has 6 heteroatoms. The average molecular weight is 270 g/mol. The van der Waals surface area contributed by atoms with Crippen molar-refractivity contribution in [3.8, 4) is 11.4 Å². The molecule has 1 heterocycles. The van der Waals surface area contributed by atoms with E-state index in [-0.39, 0.29) is 11.6 Å². The molecule has 0 amide bonds. The minimum absolute atomic E-state index is 0.0455. The molecule has 0 aliphatic carbocycles. The van der Waals surface area contributed by atoms with E-state index in [2.05, 4.69) is 10.2 Å². The van der Waals surface area contributed by atoms with Crippen molar-refractivity contribution in [3.63, 3.8) is 0 Å². The number of aliphatic hydroxyl groups is 1. The molecule has 0 aliphatic rings. The molecule has 0 atom stereocenters. The number of hydrogen-bond donors (Lipinski definition) is 1. The highest BCUT2D eigenvalue weighted by Gasteiger charge is 2.17. The fourth-order valence-corrected chi connectivity index (χ4v) is 1.96. The Morgan fingerprint density at radius 1 is 1.39 bits per heavy atom. The van der Waals surface area contributed by atoms with Gasteiger partial charge in [-0.3, -0.25) is 0 Å². The van der Waals surface area contributed by atoms with Gasteiger partial charge in [0.1, 0.15) is 6.61 Å². The zero-order valence-corrected chi connectivity index (χ0v) is 10.7. The minimum Gasteiger partial charge on any atom is -0.388 e. The lowest BCUT2D eigenvalue weighted by Crippen LogP contribution is -2.06. The molecule has 4 nitrogen and oxygen atoms in total. The van der Waals surface area contributed by atoms with E-state index in [1.165, 1.54) is 6.07 Å². The minimum atomic E-state index is -0.520. The summed E-state index contributed by atoms with van der Waals surface area (Å²) in [4.78, 5) is 0. The van der Waals surface area contributed by atoms with Crippen LogP contribution in [0.5, 0.6) is 0 Å². The summed E-state index contributed by atoms with van der Waals surface area (Å²) in [6, 6.07) is 4.73. The van der Waals surface area contributed by atoms with E-state index in [4.69, 9.17) is 11.6 Å². The highest BCUT2D eigenvalue weighted by Crippen LogP contribution is 2.26. The summed E-state index contributed by atoms with van der Waals surface area (Å²) < 4.78 is 15.6. The zero-order chi connectivity index (χ0) is 13.1. The molecule has 0 spiro atoms. The molecule has 0 saturated heterocycles. The van der Waals surface area contributed by atoms with Gasteiger partial charge in [0.05, 0.1) is 10.6 Å². The Morgan fingerprint density at radius 3 is 2.83 bits per heavy atom. The first-order valence-electron chi connectivity index (χ1n) is 5.66. The van der Waals surface area contributed by atoms with Gasteiger partial charge >= 0.3 is 0 Å². The van der Waals surface area contributed by atoms with Gasteiger partial charge in [-0.2, -0.15) is 0 Å². The molecule has 18 heavy (non-hydrogen) atoms. The Bertz CT molecular complexity index is 556. The summed E-state index contributed by atoms with van der Waals surface area (Å²) in [5, 5.41) is 17.0. The molecule has 96 valence electrons. The molecule has 0 fully saturated rings. The van der Waals surface area contributed by atoms with E-state index >= 15 is 0 Å². The number of aromatic nitrogens is 3. The van der Waals surface area contributed by atoms with Gasteiger partial charge in [0.15, 0.2) is 17.5 Å². The molecule has 1 aromatic carbocycles. The SMILES string of the molecule is CCCn1c(CO)nnc1-c1cccc(Cl)c1F. The molecular weight excluding hydrogens is 257 g/mol. The normalized spacial score (nSPS) is 10.9. The second kappa shape index (κ2) is 5.46. The standard InChI is InChI=1S/C12H13ClFN3O/c1-2-6-17-10(7-18)15-16-12(17)8-4-3-5-9(13)11(8)14/h3-5,18H,2,6-7H2,1H3. The van der Waals surface area contributed by atoms with Crippen LogP contribution in [0.2, 0.25) is 5.02 Å². The maximum Gasteiger partial charge on any atom is 0.167 e. The fourth-order valence-electron chi connectivity index (χ4n) is 1.79. The summed E-state index contributed by atoms with van der Waals surface area (Å²) in [6.07, 6.45) is 0.834. The Labute approximate surface area is 109 Å². The van der Waals surface area contributed by atoms with Crippen molar-refractivity contribution < 1.29 is 9.50 Å². The number of hydrogen-bond acceptors (Lipinski definition) is 3. The van der Waals surface area contributed by atoms with Gasteiger partial charge < -0.3 is 9.67 Å². The van der Waals surface area contributed by atoms with Crippen molar-refractivity contribution in [1.29, 1.82) is 0 Å². The summed E-state index contributed by atoms with van der Waals surface area (Å²) in [5.41, 5.74) is 0.295. The third-order valence-electron chi connectivity index (χ3n) is 2.61. The third-order valence-corrected chi connectivity index (χ3v) is 2.90. The first-order chi connectivity index (χ1) is 8.69. The fraction of sp³-hybridized carbons (Fsp3) is 0.333. The van der Waals surface area contributed by atoms with E-state index in [1.54, 1.807) is 16.7 Å². The Kier molecular flexibility index (Phi) is 3.93. The maximum atomic E-state index is 13.9. The van der Waals surface area contributed by atoms with Crippen LogP contribution in [-0.2, 0) is 13.2 Å². The summed E-state index contributed by atoms with van der Waals surface area (Å²) in [5.74, 6) is 0.292. The van der Waals surface area contributed by atoms with Gasteiger partial charge in [-0.1, -0.05) is 24.6 Å². The number of aliphatic hydroxyl groups excluding tert-OH is 1. The molecule has 2 rings (SSSR count). The van der Waals surface area contributed by atoms with Crippen LogP contribution in [0.3, 0.4) is 0 Å². The topological polar surface area (TPSA) is 50.9 Å². The molecule has 2 aromatic rings. The van der Waals surface area contributed by atoms with Crippen LogP contribution in [0, 0.1) is 5.82 Å². The van der Waals surface area contributed by atoms with Crippen LogP contribution >= 0.6 is 11.6 Å². The summed E-state index contributed by atoms with van der Waals surface area (Å²) in [7, 11) is 0. The highest BCUT2D eigenvalue weighted by atomic mass is 35.5. The zero-order valence-electron chi connectivity index (χ0n) is 9.90. The van der Waals surface area contributed by atoms with E-state index in [1.807, 2.05) is 6.92 Å². The Morgan fingerprint density at radius 2 is 2.17 bits per heavy atom. The first-order valence-corrected chi connectivity index (χ1v) is 6.04. The van der Waals surface area contributed by atoms with Gasteiger partial charge in [0, 0.05) is 6.54 Å². The van der Waals surface area contributed by atoms with Crippen LogP contribution in [-0.4, -0.2) is 19.9 Å². The quantitative estimate of drug-likeness (QED) is 0.928. The van der Waals surface area contributed by atoms with E-state index < -0.39 is 5.82 Å². The second-order valence-corrected chi connectivity index (χ2v) is 4.26. The lowest BCUT2D eigenvalue weighted by Gasteiger charge is -2.08. The largest absolute Gasteiger partial charge is 0.388 e. The van der Waals surface area contributed by atoms with Gasteiger partial charge in [-0.25, -0.2) is 4.39 Å². The first kappa shape index (κ1) is 13.0. The van der Waals surface area contributed by atoms with Gasteiger partial charge in [-0.15, -0.1) is 10.2 Å². The van der Waals surface area contributed by atoms with Gasteiger partial charge in [0.25, 0.3) is 0 Å². The lowest BCUT2D eigenvalue weighted by atomic mass is 10.2. The van der Waals surface area contributed by atoms with Crippen molar-refractivity contribution >= 4 is 11.6 Å². The smallest absolute Gasteiger partial charge is 0.167 e. The third kappa shape index (κ3) is 2.23. The molecule has 0 aliphatic heterocycles. The summed E-state index contributed by atoms with van der Waals surface area (Å²) in [6.45, 7) is 2.37. The van der Waals surface area contributed by atoms with E-state index in [0.29, 0.717) is 23.8 Å². The van der Waals surface area contributed by atoms with Gasteiger partial charge in [0.2, 0.25) is 0 Å². The summed E-state index contributed by atoms with van der Waals surface area (Å²) >= 11 is 5.75. The molecular formula is C12H13ClFN3O. The van der Waals surface area contributed by atoms with Crippen LogP contribution < -0.4 is 0 Å². The predicted octanol–water partition coefficient (Wildman–Crippen LogP) is 2.64. The van der Waals surface area contributed by atoms with Crippen LogP contribution in [0.15, 0.2) is 18.2 Å². The number of nitrogens with zero attached hydrogens (tertiary/aromatic N) is 3. The lowest BCUT2D eigenvalue weighted by molar-refractivity contribution is 0.264. The maximum absolute atomic E-state index is 13.9. The van der Waals surface area contributed by atoms with Gasteiger partial charge in [-0.05, 0) is 18.6 Å². The van der Waals surface area contributed by atoms with Crippen LogP contribution in [0.1, 0.15) is 19.2 Å². The molecule has 0 bridgehead atoms. The number of halogens is 2. The molecule has 1 aromatic heterocycles.